The highest BCUT2D eigenvalue weighted by Gasteiger charge is 2.26. The summed E-state index contributed by atoms with van der Waals surface area (Å²) >= 11 is 0. The molecular weight excluding hydrogens is 332 g/mol. The summed E-state index contributed by atoms with van der Waals surface area (Å²) in [5.41, 5.74) is 0.717. The second-order valence-corrected chi connectivity index (χ2v) is 7.70. The summed E-state index contributed by atoms with van der Waals surface area (Å²) in [4.78, 5) is 28.0. The number of hydrogen-bond donors (Lipinski definition) is 2. The van der Waals surface area contributed by atoms with E-state index in [1.54, 1.807) is 0 Å². The normalized spacial score (nSPS) is 16.7. The number of imide groups is 1. The Bertz CT molecular complexity index is 642. The zero-order valence-electron chi connectivity index (χ0n) is 16.3. The molecule has 0 aliphatic carbocycles. The monoisotopic (exact) mass is 362 g/mol. The molecule has 0 aromatic heterocycles. The Kier molecular flexibility index (Phi) is 6.47. The van der Waals surface area contributed by atoms with E-state index >= 15 is 0 Å². The first-order valence-corrected chi connectivity index (χ1v) is 8.99. The molecule has 0 bridgehead atoms. The van der Waals surface area contributed by atoms with Gasteiger partial charge in [-0.3, -0.25) is 15.0 Å². The van der Waals surface area contributed by atoms with Crippen molar-refractivity contribution in [2.24, 2.45) is 0 Å². The van der Waals surface area contributed by atoms with Crippen LogP contribution >= 0.6 is 0 Å². The van der Waals surface area contributed by atoms with Gasteiger partial charge in [-0.2, -0.15) is 0 Å². The number of ether oxygens (including phenoxy) is 1. The van der Waals surface area contributed by atoms with Crippen molar-refractivity contribution < 1.29 is 14.3 Å². The Labute approximate surface area is 155 Å². The van der Waals surface area contributed by atoms with E-state index in [4.69, 9.17) is 4.74 Å². The summed E-state index contributed by atoms with van der Waals surface area (Å²) in [6.07, 6.45) is -0.0361. The van der Waals surface area contributed by atoms with Crippen LogP contribution in [0.3, 0.4) is 0 Å². The van der Waals surface area contributed by atoms with Gasteiger partial charge in [0, 0.05) is 18.6 Å². The van der Waals surface area contributed by atoms with Gasteiger partial charge in [0.15, 0.2) is 0 Å². The number of nitrogens with zero attached hydrogens (tertiary/aromatic N) is 2. The Hall–Kier alpha value is -2.28. The van der Waals surface area contributed by atoms with Gasteiger partial charge in [0.2, 0.25) is 5.91 Å². The van der Waals surface area contributed by atoms with E-state index < -0.39 is 6.03 Å². The number of benzene rings is 1. The lowest BCUT2D eigenvalue weighted by Gasteiger charge is -2.37. The molecule has 144 valence electrons. The maximum atomic E-state index is 12.0. The molecule has 1 atom stereocenters. The molecule has 1 aromatic carbocycles. The molecule has 2 N–H and O–H groups in total. The standard InChI is InChI=1S/C19H30N4O3/c1-6-23-12-14(26-16-10-8-7-9-15(16)23)11-22(5)13-17(24)20-18(25)21-19(2,3)4/h7-10,14H,6,11-13H2,1-5H3,(H2,20,21,24,25). The maximum absolute atomic E-state index is 12.0. The number of rotatable bonds is 5. The molecule has 1 aliphatic rings. The SMILES string of the molecule is CCN1CC(CN(C)CC(=O)NC(=O)NC(C)(C)C)Oc2ccccc21. The molecule has 3 amide bonds. The molecule has 1 aliphatic heterocycles. The van der Waals surface area contributed by atoms with Crippen LogP contribution in [0.2, 0.25) is 0 Å². The van der Waals surface area contributed by atoms with Crippen LogP contribution in [0.5, 0.6) is 5.75 Å². The first-order chi connectivity index (χ1) is 12.2. The highest BCUT2D eigenvalue weighted by Crippen LogP contribution is 2.32. The minimum atomic E-state index is -0.476. The Morgan fingerprint density at radius 1 is 1.31 bits per heavy atom. The fourth-order valence-electron chi connectivity index (χ4n) is 2.97. The van der Waals surface area contributed by atoms with E-state index in [0.29, 0.717) is 6.54 Å². The lowest BCUT2D eigenvalue weighted by molar-refractivity contribution is -0.121. The second-order valence-electron chi connectivity index (χ2n) is 7.70. The van der Waals surface area contributed by atoms with Crippen molar-refractivity contribution in [3.8, 4) is 5.75 Å². The van der Waals surface area contributed by atoms with Crippen LogP contribution in [-0.2, 0) is 4.79 Å². The number of nitrogens with one attached hydrogen (secondary N) is 2. The van der Waals surface area contributed by atoms with Crippen molar-refractivity contribution in [1.29, 1.82) is 0 Å². The lowest BCUT2D eigenvalue weighted by atomic mass is 10.1. The van der Waals surface area contributed by atoms with E-state index in [-0.39, 0.29) is 24.1 Å². The zero-order valence-corrected chi connectivity index (χ0v) is 16.3. The van der Waals surface area contributed by atoms with Crippen LogP contribution in [0, 0.1) is 0 Å². The molecule has 0 spiro atoms. The molecule has 1 unspecified atom stereocenters. The number of hydrogen-bond acceptors (Lipinski definition) is 5. The summed E-state index contributed by atoms with van der Waals surface area (Å²) in [5, 5.41) is 5.07. The molecule has 0 fully saturated rings. The Morgan fingerprint density at radius 3 is 2.65 bits per heavy atom. The van der Waals surface area contributed by atoms with Gasteiger partial charge in [-0.1, -0.05) is 12.1 Å². The number of carbonyl (C=O) groups is 2. The van der Waals surface area contributed by atoms with E-state index in [2.05, 4.69) is 28.5 Å². The predicted molar refractivity (Wildman–Crippen MR) is 103 cm³/mol. The van der Waals surface area contributed by atoms with Gasteiger partial charge in [0.05, 0.1) is 18.8 Å². The molecule has 0 saturated heterocycles. The smallest absolute Gasteiger partial charge is 0.321 e. The minimum Gasteiger partial charge on any atom is -0.485 e. The molecule has 0 saturated carbocycles. The maximum Gasteiger partial charge on any atom is 0.321 e. The summed E-state index contributed by atoms with van der Waals surface area (Å²) in [7, 11) is 1.85. The number of anilines is 1. The fraction of sp³-hybridized carbons (Fsp3) is 0.579. The minimum absolute atomic E-state index is 0.0361. The van der Waals surface area contributed by atoms with E-state index in [1.165, 1.54) is 0 Å². The summed E-state index contributed by atoms with van der Waals surface area (Å²) in [5.74, 6) is 0.533. The van der Waals surface area contributed by atoms with Gasteiger partial charge >= 0.3 is 6.03 Å². The van der Waals surface area contributed by atoms with Gasteiger partial charge in [-0.15, -0.1) is 0 Å². The molecule has 7 heteroatoms. The van der Waals surface area contributed by atoms with Crippen LogP contribution in [-0.4, -0.2) is 61.7 Å². The average Bonchev–Trinajstić information content (AvgIpc) is 2.51. The van der Waals surface area contributed by atoms with Crippen molar-refractivity contribution >= 4 is 17.6 Å². The van der Waals surface area contributed by atoms with E-state index in [1.807, 2.05) is 50.9 Å². The highest BCUT2D eigenvalue weighted by molar-refractivity contribution is 5.95. The average molecular weight is 362 g/mol. The van der Waals surface area contributed by atoms with Crippen molar-refractivity contribution in [2.45, 2.75) is 39.3 Å². The van der Waals surface area contributed by atoms with E-state index in [9.17, 15) is 9.59 Å². The first-order valence-electron chi connectivity index (χ1n) is 8.99. The van der Waals surface area contributed by atoms with Crippen LogP contribution < -0.4 is 20.3 Å². The first kappa shape index (κ1) is 20.0. The lowest BCUT2D eigenvalue weighted by Crippen LogP contribution is -2.51. The van der Waals surface area contributed by atoms with Crippen LogP contribution in [0.25, 0.3) is 0 Å². The molecule has 26 heavy (non-hydrogen) atoms. The number of carbonyl (C=O) groups excluding carboxylic acids is 2. The van der Waals surface area contributed by atoms with Gasteiger partial charge in [-0.05, 0) is 46.9 Å². The van der Waals surface area contributed by atoms with Crippen LogP contribution in [0.15, 0.2) is 24.3 Å². The number of para-hydroxylation sites is 2. The predicted octanol–water partition coefficient (Wildman–Crippen LogP) is 1.83. The zero-order chi connectivity index (χ0) is 19.3. The van der Waals surface area contributed by atoms with Crippen LogP contribution in [0.4, 0.5) is 10.5 Å². The number of fused-ring (bicyclic) bond motifs is 1. The van der Waals surface area contributed by atoms with Gasteiger partial charge in [0.1, 0.15) is 11.9 Å². The molecule has 2 rings (SSSR count). The molecule has 7 nitrogen and oxygen atoms in total. The summed E-state index contributed by atoms with van der Waals surface area (Å²) in [6, 6.07) is 7.51. The third-order valence-electron chi connectivity index (χ3n) is 3.98. The topological polar surface area (TPSA) is 73.9 Å². The molecule has 1 aromatic rings. The van der Waals surface area contributed by atoms with E-state index in [0.717, 1.165) is 24.5 Å². The molecular formula is C19H30N4O3. The Morgan fingerprint density at radius 2 is 2.00 bits per heavy atom. The van der Waals surface area contributed by atoms with Gasteiger partial charge < -0.3 is 15.0 Å². The Balaban J connectivity index is 1.85. The third-order valence-corrected chi connectivity index (χ3v) is 3.98. The van der Waals surface area contributed by atoms with Crippen molar-refractivity contribution in [1.82, 2.24) is 15.5 Å². The second kappa shape index (κ2) is 8.40. The van der Waals surface area contributed by atoms with Gasteiger partial charge in [-0.25, -0.2) is 4.79 Å². The third kappa shape index (κ3) is 5.91. The largest absolute Gasteiger partial charge is 0.485 e. The molecule has 1 heterocycles. The van der Waals surface area contributed by atoms with Gasteiger partial charge in [0.25, 0.3) is 0 Å². The number of amides is 3. The highest BCUT2D eigenvalue weighted by atomic mass is 16.5. The number of likely N-dealkylation sites (N-methyl/N-ethyl adjacent to an activating group) is 2. The quantitative estimate of drug-likeness (QED) is 0.836. The molecule has 0 radical (unpaired) electrons. The fourth-order valence-corrected chi connectivity index (χ4v) is 2.97. The van der Waals surface area contributed by atoms with Crippen LogP contribution in [0.1, 0.15) is 27.7 Å². The van der Waals surface area contributed by atoms with Crippen molar-refractivity contribution in [3.05, 3.63) is 24.3 Å². The van der Waals surface area contributed by atoms with Crippen molar-refractivity contribution in [3.63, 3.8) is 0 Å². The summed E-state index contributed by atoms with van der Waals surface area (Å²) in [6.45, 7) is 10.1. The van der Waals surface area contributed by atoms with Crippen molar-refractivity contribution in [2.75, 3.05) is 38.1 Å². The number of urea groups is 1. The summed E-state index contributed by atoms with van der Waals surface area (Å²) < 4.78 is 6.07.